The van der Waals surface area contributed by atoms with Crippen molar-refractivity contribution in [3.05, 3.63) is 176 Å². The lowest BCUT2D eigenvalue weighted by Crippen LogP contribution is -2.15. The smallest absolute Gasteiger partial charge is 0.0468 e. The Morgan fingerprint density at radius 2 is 1.29 bits per heavy atom. The largest absolute Gasteiger partial charge is 0.310 e. The maximum Gasteiger partial charge on any atom is 0.0468 e. The van der Waals surface area contributed by atoms with Crippen LogP contribution in [0.2, 0.25) is 0 Å². The summed E-state index contributed by atoms with van der Waals surface area (Å²) >= 11 is 0. The highest BCUT2D eigenvalue weighted by Gasteiger charge is 2.23. The average molecular weight is 542 g/mol. The third kappa shape index (κ3) is 4.95. The van der Waals surface area contributed by atoms with Gasteiger partial charge in [0.15, 0.2) is 0 Å². The van der Waals surface area contributed by atoms with E-state index in [4.69, 9.17) is 0 Å². The molecule has 5 aromatic rings. The Morgan fingerprint density at radius 3 is 1.90 bits per heavy atom. The fourth-order valence-electron chi connectivity index (χ4n) is 6.19. The van der Waals surface area contributed by atoms with Gasteiger partial charge in [-0.2, -0.15) is 0 Å². The van der Waals surface area contributed by atoms with Gasteiger partial charge in [0.1, 0.15) is 0 Å². The summed E-state index contributed by atoms with van der Waals surface area (Å²) in [5, 5.41) is 7.30. The van der Waals surface area contributed by atoms with E-state index in [1.165, 1.54) is 54.6 Å². The summed E-state index contributed by atoms with van der Waals surface area (Å²) in [6.45, 7) is 18.4. The second kappa shape index (κ2) is 11.4. The molecule has 0 aromatic heterocycles. The molecular weight excluding hydrogens is 506 g/mol. The standard InChI is InChI=1S/C41H35N/c1-6-12-38(8-3)42(40-20-18-34-24-31-13-10-11-14-32(31)25-37(34)27-40)39-19-17-33-21-29(15-16-35(33)26-39)22-36-23-30(7-2)41(9-4)28(36)5/h6-22,24-28H,1-4,23H2,5H3/b36-22?,38-12+. The fraction of sp³-hybridized carbons (Fsp3) is 0.0732. The Kier molecular flexibility index (Phi) is 7.33. The molecule has 1 unspecified atom stereocenters. The number of nitrogens with zero attached hydrogens (tertiary/aromatic N) is 1. The molecule has 0 N–H and O–H groups in total. The molecular formula is C41H35N. The second-order valence-corrected chi connectivity index (χ2v) is 10.9. The second-order valence-electron chi connectivity index (χ2n) is 10.9. The SMILES string of the molecule is C=C/C=C(\C=C)N(c1ccc2cc(C=C3CC(C=C)=C(C=C)C3C)ccc2c1)c1ccc2cc3ccccc3cc2c1. The van der Waals surface area contributed by atoms with Crippen LogP contribution in [-0.4, -0.2) is 0 Å². The van der Waals surface area contributed by atoms with Crippen LogP contribution in [0.25, 0.3) is 38.4 Å². The molecule has 5 aromatic carbocycles. The Labute approximate surface area is 249 Å². The highest BCUT2D eigenvalue weighted by atomic mass is 15.1. The number of benzene rings is 5. The van der Waals surface area contributed by atoms with Crippen LogP contribution in [0, 0.1) is 5.92 Å². The molecule has 1 aliphatic carbocycles. The molecule has 1 atom stereocenters. The third-order valence-corrected chi connectivity index (χ3v) is 8.42. The van der Waals surface area contributed by atoms with Gasteiger partial charge in [0.05, 0.1) is 0 Å². The monoisotopic (exact) mass is 541 g/mol. The fourth-order valence-corrected chi connectivity index (χ4v) is 6.19. The molecule has 0 amide bonds. The molecule has 1 nitrogen and oxygen atoms in total. The number of anilines is 2. The molecule has 0 radical (unpaired) electrons. The molecule has 1 heteroatoms. The zero-order valence-electron chi connectivity index (χ0n) is 24.2. The van der Waals surface area contributed by atoms with E-state index >= 15 is 0 Å². The van der Waals surface area contributed by atoms with Gasteiger partial charge in [-0.25, -0.2) is 0 Å². The van der Waals surface area contributed by atoms with Crippen LogP contribution in [0.1, 0.15) is 18.9 Å². The average Bonchev–Trinajstić information content (AvgIpc) is 3.33. The van der Waals surface area contributed by atoms with E-state index < -0.39 is 0 Å². The molecule has 0 fully saturated rings. The first kappa shape index (κ1) is 27.1. The molecule has 0 heterocycles. The number of rotatable bonds is 8. The maximum absolute atomic E-state index is 4.13. The highest BCUT2D eigenvalue weighted by molar-refractivity contribution is 6.00. The lowest BCUT2D eigenvalue weighted by molar-refractivity contribution is 0.854. The number of allylic oxidation sites excluding steroid dienone is 8. The van der Waals surface area contributed by atoms with Crippen molar-refractivity contribution in [3.63, 3.8) is 0 Å². The van der Waals surface area contributed by atoms with Crippen LogP contribution >= 0.6 is 0 Å². The minimum Gasteiger partial charge on any atom is -0.310 e. The molecule has 42 heavy (non-hydrogen) atoms. The van der Waals surface area contributed by atoms with Gasteiger partial charge < -0.3 is 4.90 Å². The van der Waals surface area contributed by atoms with Crippen molar-refractivity contribution in [3.8, 4) is 0 Å². The van der Waals surface area contributed by atoms with E-state index in [9.17, 15) is 0 Å². The first-order chi connectivity index (χ1) is 20.5. The number of hydrogen-bond acceptors (Lipinski definition) is 1. The quantitative estimate of drug-likeness (QED) is 0.139. The summed E-state index contributed by atoms with van der Waals surface area (Å²) in [6, 6.07) is 33.0. The molecule has 0 saturated heterocycles. The van der Waals surface area contributed by atoms with E-state index in [1.54, 1.807) is 0 Å². The Hall–Kier alpha value is -5.14. The summed E-state index contributed by atoms with van der Waals surface area (Å²) in [4.78, 5) is 2.25. The first-order valence-electron chi connectivity index (χ1n) is 14.4. The van der Waals surface area contributed by atoms with Crippen molar-refractivity contribution < 1.29 is 0 Å². The molecule has 0 bridgehead atoms. The predicted molar refractivity (Wildman–Crippen MR) is 185 cm³/mol. The van der Waals surface area contributed by atoms with Crippen LogP contribution in [0.15, 0.2) is 170 Å². The Bertz CT molecular complexity index is 1990. The Balaban J connectivity index is 1.40. The normalized spacial score (nSPS) is 16.4. The Morgan fingerprint density at radius 1 is 0.690 bits per heavy atom. The summed E-state index contributed by atoms with van der Waals surface area (Å²) in [5.41, 5.74) is 8.28. The first-order valence-corrected chi connectivity index (χ1v) is 14.4. The van der Waals surface area contributed by atoms with Crippen LogP contribution < -0.4 is 4.90 Å². The predicted octanol–water partition coefficient (Wildman–Crippen LogP) is 11.6. The van der Waals surface area contributed by atoms with Crippen molar-refractivity contribution in [1.29, 1.82) is 0 Å². The lowest BCUT2D eigenvalue weighted by atomic mass is 9.96. The number of hydrogen-bond donors (Lipinski definition) is 0. The summed E-state index contributed by atoms with van der Waals surface area (Å²) in [5.74, 6) is 0.357. The van der Waals surface area contributed by atoms with Crippen LogP contribution in [0.5, 0.6) is 0 Å². The lowest BCUT2D eigenvalue weighted by Gasteiger charge is -2.27. The van der Waals surface area contributed by atoms with E-state index in [2.05, 4.69) is 135 Å². The molecule has 204 valence electrons. The topological polar surface area (TPSA) is 3.24 Å². The zero-order valence-corrected chi connectivity index (χ0v) is 24.2. The highest BCUT2D eigenvalue weighted by Crippen LogP contribution is 2.39. The zero-order chi connectivity index (χ0) is 29.2. The third-order valence-electron chi connectivity index (χ3n) is 8.42. The van der Waals surface area contributed by atoms with Gasteiger partial charge in [-0.1, -0.05) is 112 Å². The van der Waals surface area contributed by atoms with E-state index in [0.29, 0.717) is 5.92 Å². The van der Waals surface area contributed by atoms with Gasteiger partial charge >= 0.3 is 0 Å². The van der Waals surface area contributed by atoms with Crippen LogP contribution in [0.4, 0.5) is 11.4 Å². The van der Waals surface area contributed by atoms with Crippen molar-refractivity contribution in [2.45, 2.75) is 13.3 Å². The summed E-state index contributed by atoms with van der Waals surface area (Å²) in [6.07, 6.45) is 12.9. The maximum atomic E-state index is 4.13. The van der Waals surface area contributed by atoms with E-state index in [1.807, 2.05) is 30.4 Å². The molecule has 0 spiro atoms. The summed E-state index contributed by atoms with van der Waals surface area (Å²) < 4.78 is 0. The van der Waals surface area contributed by atoms with Crippen molar-refractivity contribution in [2.24, 2.45) is 5.92 Å². The van der Waals surface area contributed by atoms with Gasteiger partial charge in [-0.05, 0) is 110 Å². The van der Waals surface area contributed by atoms with Gasteiger partial charge in [0.2, 0.25) is 0 Å². The van der Waals surface area contributed by atoms with E-state index in [-0.39, 0.29) is 0 Å². The van der Waals surface area contributed by atoms with E-state index in [0.717, 1.165) is 23.5 Å². The molecule has 0 aliphatic heterocycles. The van der Waals surface area contributed by atoms with Crippen molar-refractivity contribution >= 4 is 49.8 Å². The molecule has 1 aliphatic rings. The summed E-state index contributed by atoms with van der Waals surface area (Å²) in [7, 11) is 0. The minimum absolute atomic E-state index is 0.357. The van der Waals surface area contributed by atoms with Crippen LogP contribution in [-0.2, 0) is 0 Å². The van der Waals surface area contributed by atoms with Crippen molar-refractivity contribution in [1.82, 2.24) is 0 Å². The molecule has 0 saturated carbocycles. The van der Waals surface area contributed by atoms with Gasteiger partial charge in [0, 0.05) is 23.0 Å². The van der Waals surface area contributed by atoms with Gasteiger partial charge in [-0.15, -0.1) is 0 Å². The molecule has 6 rings (SSSR count). The minimum atomic E-state index is 0.357. The van der Waals surface area contributed by atoms with Gasteiger partial charge in [-0.3, -0.25) is 0 Å². The van der Waals surface area contributed by atoms with Crippen LogP contribution in [0.3, 0.4) is 0 Å². The number of fused-ring (bicyclic) bond motifs is 3. The van der Waals surface area contributed by atoms with Crippen molar-refractivity contribution in [2.75, 3.05) is 4.90 Å². The van der Waals surface area contributed by atoms with Gasteiger partial charge in [0.25, 0.3) is 0 Å².